The molecule has 0 saturated carbocycles. The van der Waals surface area contributed by atoms with Crippen LogP contribution in [0.4, 0.5) is 0 Å². The number of carboxylic acids is 1. The Morgan fingerprint density at radius 2 is 1.95 bits per heavy atom. The first-order valence-electron chi connectivity index (χ1n) is 6.20. The molecule has 0 spiro atoms. The number of aromatic carboxylic acids is 1. The van der Waals surface area contributed by atoms with Gasteiger partial charge in [0.05, 0.1) is 0 Å². The van der Waals surface area contributed by atoms with Crippen molar-refractivity contribution in [1.29, 1.82) is 0 Å². The highest BCUT2D eigenvalue weighted by atomic mass is 32.2. The molecule has 0 radical (unpaired) electrons. The number of rotatable bonds is 3. The number of sulfonamides is 1. The van der Waals surface area contributed by atoms with Gasteiger partial charge in [0.1, 0.15) is 9.77 Å². The van der Waals surface area contributed by atoms with E-state index in [4.69, 9.17) is 5.11 Å². The highest BCUT2D eigenvalue weighted by Gasteiger charge is 2.38. The molecule has 106 valence electrons. The molecule has 0 bridgehead atoms. The van der Waals surface area contributed by atoms with E-state index in [0.717, 1.165) is 30.6 Å². The summed E-state index contributed by atoms with van der Waals surface area (Å²) in [5, 5.41) is 10.6. The number of carboxylic acid groups (broad SMARTS) is 1. The maximum Gasteiger partial charge on any atom is 0.347 e. The largest absolute Gasteiger partial charge is 0.477 e. The van der Waals surface area contributed by atoms with Crippen LogP contribution in [0.25, 0.3) is 0 Å². The summed E-state index contributed by atoms with van der Waals surface area (Å²) < 4.78 is 26.8. The first-order chi connectivity index (χ1) is 8.85. The summed E-state index contributed by atoms with van der Waals surface area (Å²) in [7, 11) is -3.73. The van der Waals surface area contributed by atoms with Gasteiger partial charge < -0.3 is 5.11 Å². The molecule has 2 rings (SSSR count). The number of hydrogen-bond donors (Lipinski definition) is 1. The smallest absolute Gasteiger partial charge is 0.347 e. The van der Waals surface area contributed by atoms with Gasteiger partial charge >= 0.3 is 5.97 Å². The molecule has 1 N–H and O–H groups in total. The third-order valence-corrected chi connectivity index (χ3v) is 6.69. The van der Waals surface area contributed by atoms with Gasteiger partial charge in [0.15, 0.2) is 0 Å². The Bertz CT molecular complexity index is 568. The third-order valence-electron chi connectivity index (χ3n) is 3.49. The minimum atomic E-state index is -3.73. The van der Waals surface area contributed by atoms with Gasteiger partial charge in [0.25, 0.3) is 0 Å². The Balaban J connectivity index is 2.47. The van der Waals surface area contributed by atoms with Crippen LogP contribution in [-0.4, -0.2) is 35.9 Å². The normalized spacial score (nSPS) is 25.4. The van der Waals surface area contributed by atoms with E-state index in [1.807, 2.05) is 13.8 Å². The summed E-state index contributed by atoms with van der Waals surface area (Å²) in [5.74, 6) is -1.19. The van der Waals surface area contributed by atoms with Crippen molar-refractivity contribution in [3.63, 3.8) is 0 Å². The second-order valence-electron chi connectivity index (χ2n) is 4.88. The first kappa shape index (κ1) is 14.5. The molecule has 1 aliphatic rings. The Labute approximate surface area is 116 Å². The fraction of sp³-hybridized carbons (Fsp3) is 0.583. The quantitative estimate of drug-likeness (QED) is 0.930. The van der Waals surface area contributed by atoms with Crippen LogP contribution in [-0.2, 0) is 10.0 Å². The second kappa shape index (κ2) is 5.22. The fourth-order valence-electron chi connectivity index (χ4n) is 2.64. The second-order valence-corrected chi connectivity index (χ2v) is 7.61. The van der Waals surface area contributed by atoms with Crippen molar-refractivity contribution in [3.05, 3.63) is 16.3 Å². The molecule has 0 aliphatic carbocycles. The van der Waals surface area contributed by atoms with Crippen molar-refractivity contribution in [1.82, 2.24) is 4.31 Å². The summed E-state index contributed by atoms with van der Waals surface area (Å²) in [4.78, 5) is 10.9. The Morgan fingerprint density at radius 1 is 1.37 bits per heavy atom. The van der Waals surface area contributed by atoms with Crippen molar-refractivity contribution < 1.29 is 18.3 Å². The fourth-order valence-corrected chi connectivity index (χ4v) is 5.76. The summed E-state index contributed by atoms with van der Waals surface area (Å²) in [6.45, 7) is 3.75. The molecule has 7 heteroatoms. The van der Waals surface area contributed by atoms with Crippen LogP contribution in [0.2, 0.25) is 0 Å². The lowest BCUT2D eigenvalue weighted by Gasteiger charge is -2.37. The van der Waals surface area contributed by atoms with E-state index in [0.29, 0.717) is 0 Å². The molecule has 0 unspecified atom stereocenters. The molecule has 1 aromatic rings. The zero-order valence-electron chi connectivity index (χ0n) is 10.9. The number of hydrogen-bond acceptors (Lipinski definition) is 4. The summed E-state index contributed by atoms with van der Waals surface area (Å²) in [6.07, 6.45) is 2.63. The van der Waals surface area contributed by atoms with Crippen LogP contribution < -0.4 is 0 Å². The van der Waals surface area contributed by atoms with E-state index in [1.54, 1.807) is 0 Å². The summed E-state index contributed by atoms with van der Waals surface area (Å²) >= 11 is 0.946. The molecule has 0 amide bonds. The molecule has 19 heavy (non-hydrogen) atoms. The predicted molar refractivity (Wildman–Crippen MR) is 73.1 cm³/mol. The number of carbonyl (C=O) groups is 1. The molecule has 5 nitrogen and oxygen atoms in total. The van der Waals surface area contributed by atoms with E-state index < -0.39 is 16.0 Å². The first-order valence-corrected chi connectivity index (χ1v) is 8.52. The van der Waals surface area contributed by atoms with Crippen LogP contribution in [0.3, 0.4) is 0 Å². The van der Waals surface area contributed by atoms with Crippen LogP contribution in [0.5, 0.6) is 0 Å². The maximum atomic E-state index is 12.7. The standard InChI is InChI=1S/C12H17NO4S2/c1-8-4-3-5-9(2)13(8)19(16,17)10-6-7-18-11(10)12(14)15/h6-9H,3-5H2,1-2H3,(H,14,15)/t8-,9-/m0/s1. The lowest BCUT2D eigenvalue weighted by Crippen LogP contribution is -2.47. The molecular formula is C12H17NO4S2. The lowest BCUT2D eigenvalue weighted by molar-refractivity contribution is 0.0698. The van der Waals surface area contributed by atoms with E-state index in [1.165, 1.54) is 15.8 Å². The Hall–Kier alpha value is -0.920. The van der Waals surface area contributed by atoms with E-state index in [2.05, 4.69) is 0 Å². The van der Waals surface area contributed by atoms with Crippen LogP contribution >= 0.6 is 11.3 Å². The Kier molecular flexibility index (Phi) is 3.98. The number of nitrogens with zero attached hydrogens (tertiary/aromatic N) is 1. The van der Waals surface area contributed by atoms with Gasteiger partial charge in [-0.05, 0) is 38.1 Å². The van der Waals surface area contributed by atoms with Crippen LogP contribution in [0, 0.1) is 0 Å². The lowest BCUT2D eigenvalue weighted by atomic mass is 10.0. The number of thiophene rings is 1. The molecular weight excluding hydrogens is 286 g/mol. The van der Waals surface area contributed by atoms with Crippen molar-refractivity contribution in [2.45, 2.75) is 50.1 Å². The third kappa shape index (κ3) is 2.54. The van der Waals surface area contributed by atoms with Crippen LogP contribution in [0.1, 0.15) is 42.8 Å². The zero-order chi connectivity index (χ0) is 14.2. The summed E-state index contributed by atoms with van der Waals surface area (Å²) in [6, 6.07) is 1.21. The molecule has 0 aromatic carbocycles. The van der Waals surface area contributed by atoms with Gasteiger partial charge in [-0.25, -0.2) is 13.2 Å². The van der Waals surface area contributed by atoms with Gasteiger partial charge in [-0.3, -0.25) is 0 Å². The van der Waals surface area contributed by atoms with Gasteiger partial charge in [0, 0.05) is 12.1 Å². The average Bonchev–Trinajstić information content (AvgIpc) is 2.77. The van der Waals surface area contributed by atoms with Crippen molar-refractivity contribution in [3.8, 4) is 0 Å². The van der Waals surface area contributed by atoms with Crippen molar-refractivity contribution >= 4 is 27.3 Å². The minimum absolute atomic E-state index is 0.0781. The summed E-state index contributed by atoms with van der Waals surface area (Å²) in [5.41, 5.74) is 0. The monoisotopic (exact) mass is 303 g/mol. The molecule has 1 saturated heterocycles. The molecule has 2 atom stereocenters. The van der Waals surface area contributed by atoms with E-state index in [9.17, 15) is 13.2 Å². The number of piperidine rings is 1. The average molecular weight is 303 g/mol. The van der Waals surface area contributed by atoms with E-state index in [-0.39, 0.29) is 21.9 Å². The van der Waals surface area contributed by atoms with Gasteiger partial charge in [-0.15, -0.1) is 11.3 Å². The zero-order valence-corrected chi connectivity index (χ0v) is 12.5. The molecule has 2 heterocycles. The van der Waals surface area contributed by atoms with Gasteiger partial charge in [-0.2, -0.15) is 4.31 Å². The highest BCUT2D eigenvalue weighted by Crippen LogP contribution is 2.32. The van der Waals surface area contributed by atoms with Crippen molar-refractivity contribution in [2.75, 3.05) is 0 Å². The molecule has 1 aromatic heterocycles. The van der Waals surface area contributed by atoms with E-state index >= 15 is 0 Å². The van der Waals surface area contributed by atoms with Crippen molar-refractivity contribution in [2.24, 2.45) is 0 Å². The predicted octanol–water partition coefficient (Wildman–Crippen LogP) is 2.40. The maximum absolute atomic E-state index is 12.7. The minimum Gasteiger partial charge on any atom is -0.477 e. The highest BCUT2D eigenvalue weighted by molar-refractivity contribution is 7.89. The molecule has 1 fully saturated rings. The molecule has 1 aliphatic heterocycles. The van der Waals surface area contributed by atoms with Gasteiger partial charge in [-0.1, -0.05) is 6.42 Å². The SMILES string of the molecule is C[C@H]1CCC[C@H](C)N1S(=O)(=O)c1ccsc1C(=O)O. The van der Waals surface area contributed by atoms with Gasteiger partial charge in [0.2, 0.25) is 10.0 Å². The van der Waals surface area contributed by atoms with Crippen LogP contribution in [0.15, 0.2) is 16.3 Å². The Morgan fingerprint density at radius 3 is 2.47 bits per heavy atom. The topological polar surface area (TPSA) is 74.7 Å².